The van der Waals surface area contributed by atoms with Crippen molar-refractivity contribution in [1.82, 2.24) is 0 Å². The molecule has 2 heteroatoms. The van der Waals surface area contributed by atoms with Crippen LogP contribution >= 0.6 is 0 Å². The van der Waals surface area contributed by atoms with Crippen LogP contribution in [0.5, 0.6) is 0 Å². The summed E-state index contributed by atoms with van der Waals surface area (Å²) in [6.45, 7) is 12.5. The van der Waals surface area contributed by atoms with Gasteiger partial charge in [-0.3, -0.25) is 0 Å². The van der Waals surface area contributed by atoms with Gasteiger partial charge in [0, 0.05) is 0 Å². The van der Waals surface area contributed by atoms with Gasteiger partial charge in [0.25, 0.3) is 0 Å². The minimum atomic E-state index is 0. The Balaban J connectivity index is 0. The molecule has 39 heavy (non-hydrogen) atoms. The second kappa shape index (κ2) is 34.4. The van der Waals surface area contributed by atoms with E-state index >= 15 is 0 Å². The van der Waals surface area contributed by atoms with Crippen LogP contribution in [0.25, 0.3) is 0 Å². The summed E-state index contributed by atoms with van der Waals surface area (Å²) in [5.74, 6) is 0. The van der Waals surface area contributed by atoms with E-state index in [1.54, 1.807) is 0 Å². The van der Waals surface area contributed by atoms with Gasteiger partial charge in [0.05, 0.1) is 26.7 Å². The lowest BCUT2D eigenvalue weighted by Gasteiger charge is -2.34. The fraction of sp³-hybridized carbons (Fsp3) is 0.946. The van der Waals surface area contributed by atoms with E-state index in [1.165, 1.54) is 204 Å². The molecule has 0 aliphatic rings. The first kappa shape index (κ1) is 41.3. The van der Waals surface area contributed by atoms with Gasteiger partial charge in [-0.15, -0.1) is 0 Å². The van der Waals surface area contributed by atoms with Gasteiger partial charge in [-0.2, -0.15) is 0 Å². The van der Waals surface area contributed by atoms with E-state index in [1.807, 2.05) is 0 Å². The zero-order valence-electron chi connectivity index (χ0n) is 27.7. The average molecular weight is 615 g/mol. The zero-order valence-corrected chi connectivity index (χ0v) is 29.3. The highest BCUT2D eigenvalue weighted by atomic mass is 79.9. The van der Waals surface area contributed by atoms with Gasteiger partial charge in [0.15, 0.2) is 0 Å². The highest BCUT2D eigenvalue weighted by Gasteiger charge is 2.18. The maximum absolute atomic E-state index is 4.07. The molecule has 0 heterocycles. The van der Waals surface area contributed by atoms with Crippen LogP contribution in [0.1, 0.15) is 200 Å². The molecular formula is C37H76BrN. The number of quaternary nitrogens is 1. The molecule has 1 atom stereocenters. The summed E-state index contributed by atoms with van der Waals surface area (Å²) < 4.78 is 1.22. The molecule has 0 fully saturated rings. The molecule has 1 unspecified atom stereocenters. The Bertz CT molecular complexity index is 451. The van der Waals surface area contributed by atoms with Crippen LogP contribution in [-0.4, -0.2) is 31.2 Å². The van der Waals surface area contributed by atoms with Crippen LogP contribution in [0.2, 0.25) is 0 Å². The third kappa shape index (κ3) is 32.6. The number of hydrogen-bond acceptors (Lipinski definition) is 0. The predicted molar refractivity (Wildman–Crippen MR) is 176 cm³/mol. The topological polar surface area (TPSA) is 0 Å². The molecule has 0 N–H and O–H groups in total. The molecule has 236 valence electrons. The van der Waals surface area contributed by atoms with Gasteiger partial charge in [-0.05, 0) is 31.8 Å². The normalized spacial score (nSPS) is 12.8. The van der Waals surface area contributed by atoms with Crippen molar-refractivity contribution in [2.75, 3.05) is 26.7 Å². The third-order valence-electron chi connectivity index (χ3n) is 8.92. The number of nitrogens with zero attached hydrogens (tertiary/aromatic N) is 1. The number of halogens is 1. The van der Waals surface area contributed by atoms with E-state index in [-0.39, 0.29) is 17.0 Å². The van der Waals surface area contributed by atoms with Crippen LogP contribution in [0.4, 0.5) is 0 Å². The van der Waals surface area contributed by atoms with Crippen molar-refractivity contribution in [3.63, 3.8) is 0 Å². The molecule has 0 saturated carbocycles. The first-order valence-electron chi connectivity index (χ1n) is 18.1. The summed E-state index contributed by atoms with van der Waals surface area (Å²) in [7, 11) is 2.48. The van der Waals surface area contributed by atoms with E-state index in [0.717, 1.165) is 6.54 Å². The summed E-state index contributed by atoms with van der Waals surface area (Å²) in [4.78, 5) is 0. The Morgan fingerprint density at radius 3 is 0.795 bits per heavy atom. The second-order valence-corrected chi connectivity index (χ2v) is 13.1. The standard InChI is InChI=1S/C37H76N.BrH/c1-5-8-10-12-14-16-18-20-22-24-26-28-30-32-34-37-38(4,35-7-3)36-33-31-29-27-25-23-21-19-17-15-13-11-9-6-2;/h7H,3,5-6,8-37H2,1-2,4H3;1H/q+1;/p-1. The lowest BCUT2D eigenvalue weighted by Crippen LogP contribution is -3.00. The van der Waals surface area contributed by atoms with Gasteiger partial charge >= 0.3 is 0 Å². The molecule has 0 aromatic heterocycles. The van der Waals surface area contributed by atoms with Crippen molar-refractivity contribution in [1.29, 1.82) is 0 Å². The Morgan fingerprint density at radius 2 is 0.590 bits per heavy atom. The van der Waals surface area contributed by atoms with Crippen LogP contribution in [0.3, 0.4) is 0 Å². The van der Waals surface area contributed by atoms with E-state index in [9.17, 15) is 0 Å². The van der Waals surface area contributed by atoms with Crippen molar-refractivity contribution in [3.05, 3.63) is 12.7 Å². The minimum absolute atomic E-state index is 0. The summed E-state index contributed by atoms with van der Waals surface area (Å²) in [6, 6.07) is 0. The molecule has 0 aromatic carbocycles. The quantitative estimate of drug-likeness (QED) is 0.0392. The van der Waals surface area contributed by atoms with Crippen LogP contribution in [0.15, 0.2) is 12.7 Å². The molecule has 0 aliphatic heterocycles. The van der Waals surface area contributed by atoms with E-state index in [2.05, 4.69) is 33.6 Å². The SMILES string of the molecule is C=CC[N+](C)(CCCCCCCCCCCCCCCC)CCCCCCCCCCCCCCCCC.[Br-]. The largest absolute Gasteiger partial charge is 1.00 e. The number of likely N-dealkylation sites (N-methyl/N-ethyl adjacent to an activating group) is 1. The smallest absolute Gasteiger partial charge is 0.0969 e. The third-order valence-corrected chi connectivity index (χ3v) is 8.92. The monoisotopic (exact) mass is 614 g/mol. The molecule has 0 radical (unpaired) electrons. The van der Waals surface area contributed by atoms with E-state index in [4.69, 9.17) is 0 Å². The Morgan fingerprint density at radius 1 is 0.385 bits per heavy atom. The lowest BCUT2D eigenvalue weighted by atomic mass is 10.0. The Labute approximate surface area is 260 Å². The highest BCUT2D eigenvalue weighted by Crippen LogP contribution is 2.17. The lowest BCUT2D eigenvalue weighted by molar-refractivity contribution is -0.904. The zero-order chi connectivity index (χ0) is 27.8. The van der Waals surface area contributed by atoms with Crippen molar-refractivity contribution in [3.8, 4) is 0 Å². The molecule has 0 amide bonds. The van der Waals surface area contributed by atoms with Crippen molar-refractivity contribution in [2.24, 2.45) is 0 Å². The molecule has 0 spiro atoms. The van der Waals surface area contributed by atoms with Gasteiger partial charge in [0.2, 0.25) is 0 Å². The summed E-state index contributed by atoms with van der Waals surface area (Å²) in [5.41, 5.74) is 0. The molecule has 0 rings (SSSR count). The summed E-state index contributed by atoms with van der Waals surface area (Å²) in [5, 5.41) is 0. The number of hydrogen-bond donors (Lipinski definition) is 0. The Hall–Kier alpha value is 0.180. The van der Waals surface area contributed by atoms with Gasteiger partial charge in [-0.25, -0.2) is 0 Å². The fourth-order valence-corrected chi connectivity index (χ4v) is 6.16. The average Bonchev–Trinajstić information content (AvgIpc) is 2.91. The Kier molecular flexibility index (Phi) is 36.4. The van der Waals surface area contributed by atoms with Gasteiger partial charge in [0.1, 0.15) is 0 Å². The fourth-order valence-electron chi connectivity index (χ4n) is 6.16. The van der Waals surface area contributed by atoms with Gasteiger partial charge in [-0.1, -0.05) is 181 Å². The molecule has 0 bridgehead atoms. The van der Waals surface area contributed by atoms with Crippen LogP contribution in [0, 0.1) is 0 Å². The molecule has 1 nitrogen and oxygen atoms in total. The first-order chi connectivity index (χ1) is 18.7. The molecule has 0 aliphatic carbocycles. The summed E-state index contributed by atoms with van der Waals surface area (Å²) in [6.07, 6.45) is 44.3. The van der Waals surface area contributed by atoms with Crippen molar-refractivity contribution < 1.29 is 21.5 Å². The highest BCUT2D eigenvalue weighted by molar-refractivity contribution is 4.66. The van der Waals surface area contributed by atoms with E-state index in [0.29, 0.717) is 0 Å². The predicted octanol–water partition coefficient (Wildman–Crippen LogP) is 9.98. The van der Waals surface area contributed by atoms with Crippen LogP contribution < -0.4 is 17.0 Å². The first-order valence-corrected chi connectivity index (χ1v) is 18.1. The minimum Gasteiger partial charge on any atom is -1.00 e. The molecular weight excluding hydrogens is 538 g/mol. The second-order valence-electron chi connectivity index (χ2n) is 13.1. The van der Waals surface area contributed by atoms with Crippen LogP contribution in [-0.2, 0) is 0 Å². The van der Waals surface area contributed by atoms with Crippen molar-refractivity contribution in [2.45, 2.75) is 200 Å². The summed E-state index contributed by atoms with van der Waals surface area (Å²) >= 11 is 0. The van der Waals surface area contributed by atoms with Crippen molar-refractivity contribution >= 4 is 0 Å². The van der Waals surface area contributed by atoms with Gasteiger partial charge < -0.3 is 21.5 Å². The maximum Gasteiger partial charge on any atom is 0.0969 e. The number of unbranched alkanes of at least 4 members (excludes halogenated alkanes) is 27. The molecule has 0 aromatic rings. The maximum atomic E-state index is 4.07. The van der Waals surface area contributed by atoms with E-state index < -0.39 is 0 Å². The number of rotatable bonds is 33. The molecule has 0 saturated heterocycles.